The molecular formula is C16H16N4O5S. The van der Waals surface area contributed by atoms with Crippen molar-refractivity contribution in [2.75, 3.05) is 11.6 Å². The molecule has 2 aromatic rings. The second kappa shape index (κ2) is 7.74. The Kier molecular flexibility index (Phi) is 5.68. The summed E-state index contributed by atoms with van der Waals surface area (Å²) in [6.07, 6.45) is 1.10. The number of rotatable bonds is 5. The molecule has 0 fully saturated rings. The number of nitrogens with zero attached hydrogens (tertiary/aromatic N) is 2. The number of carbonyl (C=O) groups excluding carboxylic acids is 1. The number of nitro groups is 1. The first kappa shape index (κ1) is 19.1. The van der Waals surface area contributed by atoms with Gasteiger partial charge in [-0.1, -0.05) is 0 Å². The fraction of sp³-hybridized carbons (Fsp3) is 0.125. The van der Waals surface area contributed by atoms with Crippen LogP contribution in [0.2, 0.25) is 0 Å². The number of hydrogen-bond acceptors (Lipinski definition) is 6. The summed E-state index contributed by atoms with van der Waals surface area (Å²) in [7, 11) is -3.30. The highest BCUT2D eigenvalue weighted by atomic mass is 32.2. The van der Waals surface area contributed by atoms with Gasteiger partial charge < -0.3 is 5.32 Å². The van der Waals surface area contributed by atoms with Crippen molar-refractivity contribution in [3.63, 3.8) is 0 Å². The number of urea groups is 1. The van der Waals surface area contributed by atoms with Gasteiger partial charge in [-0.05, 0) is 48.9 Å². The Morgan fingerprint density at radius 1 is 1.08 bits per heavy atom. The fourth-order valence-electron chi connectivity index (χ4n) is 1.97. The molecule has 2 amide bonds. The third-order valence-electron chi connectivity index (χ3n) is 3.36. The van der Waals surface area contributed by atoms with E-state index in [-0.39, 0.29) is 10.6 Å². The summed E-state index contributed by atoms with van der Waals surface area (Å²) in [4.78, 5) is 22.1. The molecule has 136 valence electrons. The molecule has 0 atom stereocenters. The number of hydrazone groups is 1. The molecule has 26 heavy (non-hydrogen) atoms. The number of hydrogen-bond donors (Lipinski definition) is 2. The van der Waals surface area contributed by atoms with E-state index in [2.05, 4.69) is 15.8 Å². The molecule has 2 rings (SSSR count). The normalized spacial score (nSPS) is 11.7. The Hall–Kier alpha value is -3.27. The van der Waals surface area contributed by atoms with E-state index in [0.717, 1.165) is 6.26 Å². The number of sulfone groups is 1. The highest BCUT2D eigenvalue weighted by molar-refractivity contribution is 7.90. The minimum Gasteiger partial charge on any atom is -0.307 e. The molecule has 0 heterocycles. The molecule has 0 aliphatic heterocycles. The molecule has 2 aromatic carbocycles. The monoisotopic (exact) mass is 376 g/mol. The predicted molar refractivity (Wildman–Crippen MR) is 97.0 cm³/mol. The highest BCUT2D eigenvalue weighted by Crippen LogP contribution is 2.14. The lowest BCUT2D eigenvalue weighted by Crippen LogP contribution is -2.25. The van der Waals surface area contributed by atoms with Gasteiger partial charge in [0.25, 0.3) is 5.69 Å². The van der Waals surface area contributed by atoms with Crippen LogP contribution in [0.15, 0.2) is 58.5 Å². The summed E-state index contributed by atoms with van der Waals surface area (Å²) in [6, 6.07) is 10.8. The lowest BCUT2D eigenvalue weighted by molar-refractivity contribution is -0.384. The summed E-state index contributed by atoms with van der Waals surface area (Å²) in [5.41, 5.74) is 3.74. The maximum atomic E-state index is 11.8. The van der Waals surface area contributed by atoms with Crippen molar-refractivity contribution >= 4 is 33.0 Å². The molecular weight excluding hydrogens is 360 g/mol. The Labute approximate surface area is 149 Å². The van der Waals surface area contributed by atoms with Gasteiger partial charge in [-0.2, -0.15) is 5.10 Å². The summed E-state index contributed by atoms with van der Waals surface area (Å²) >= 11 is 0. The van der Waals surface area contributed by atoms with Gasteiger partial charge in [0.1, 0.15) is 0 Å². The molecule has 0 saturated heterocycles. The van der Waals surface area contributed by atoms with Crippen LogP contribution in [0.3, 0.4) is 0 Å². The van der Waals surface area contributed by atoms with E-state index in [9.17, 15) is 23.3 Å². The second-order valence-corrected chi connectivity index (χ2v) is 7.38. The van der Waals surface area contributed by atoms with Crippen LogP contribution in [0.4, 0.5) is 16.2 Å². The van der Waals surface area contributed by atoms with E-state index in [4.69, 9.17) is 0 Å². The van der Waals surface area contributed by atoms with Gasteiger partial charge in [0, 0.05) is 24.1 Å². The van der Waals surface area contributed by atoms with Crippen molar-refractivity contribution in [1.82, 2.24) is 5.43 Å². The van der Waals surface area contributed by atoms with E-state index < -0.39 is 20.8 Å². The van der Waals surface area contributed by atoms with Crippen LogP contribution in [0.1, 0.15) is 12.5 Å². The summed E-state index contributed by atoms with van der Waals surface area (Å²) < 4.78 is 22.8. The Bertz CT molecular complexity index is 951. The van der Waals surface area contributed by atoms with Gasteiger partial charge in [-0.25, -0.2) is 18.6 Å². The summed E-state index contributed by atoms with van der Waals surface area (Å²) in [5, 5.41) is 17.0. The summed E-state index contributed by atoms with van der Waals surface area (Å²) in [6.45, 7) is 1.64. The van der Waals surface area contributed by atoms with Gasteiger partial charge >= 0.3 is 6.03 Å². The number of anilines is 1. The SMILES string of the molecule is C/C(=N/NC(=O)Nc1ccc(S(C)(=O)=O)cc1)c1ccc([N+](=O)[O-])cc1. The molecule has 2 N–H and O–H groups in total. The highest BCUT2D eigenvalue weighted by Gasteiger charge is 2.08. The van der Waals surface area contributed by atoms with Crippen LogP contribution < -0.4 is 10.7 Å². The molecule has 0 aromatic heterocycles. The van der Waals surface area contributed by atoms with Crippen molar-refractivity contribution in [2.24, 2.45) is 5.10 Å². The van der Waals surface area contributed by atoms with Crippen molar-refractivity contribution in [3.8, 4) is 0 Å². The second-order valence-electron chi connectivity index (χ2n) is 5.36. The minimum absolute atomic E-state index is 0.0372. The van der Waals surface area contributed by atoms with Crippen molar-refractivity contribution < 1.29 is 18.1 Å². The Morgan fingerprint density at radius 2 is 1.65 bits per heavy atom. The van der Waals surface area contributed by atoms with E-state index in [0.29, 0.717) is 17.0 Å². The maximum absolute atomic E-state index is 11.8. The molecule has 0 radical (unpaired) electrons. The molecule has 9 nitrogen and oxygen atoms in total. The van der Waals surface area contributed by atoms with Gasteiger partial charge in [0.05, 0.1) is 15.5 Å². The Morgan fingerprint density at radius 3 is 2.15 bits per heavy atom. The molecule has 0 aliphatic rings. The largest absolute Gasteiger partial charge is 0.339 e. The third-order valence-corrected chi connectivity index (χ3v) is 4.49. The van der Waals surface area contributed by atoms with Crippen molar-refractivity contribution in [3.05, 3.63) is 64.2 Å². The van der Waals surface area contributed by atoms with Crippen LogP contribution in [0.5, 0.6) is 0 Å². The first-order valence-electron chi connectivity index (χ1n) is 7.33. The number of non-ortho nitro benzene ring substituents is 1. The lowest BCUT2D eigenvalue weighted by Gasteiger charge is -2.06. The molecule has 0 saturated carbocycles. The quantitative estimate of drug-likeness (QED) is 0.470. The zero-order valence-electron chi connectivity index (χ0n) is 14.0. The molecule has 0 unspecified atom stereocenters. The van der Waals surface area contributed by atoms with Crippen LogP contribution in [-0.4, -0.2) is 31.3 Å². The van der Waals surface area contributed by atoms with Crippen LogP contribution in [0.25, 0.3) is 0 Å². The van der Waals surface area contributed by atoms with Crippen molar-refractivity contribution in [2.45, 2.75) is 11.8 Å². The number of benzene rings is 2. The first-order valence-corrected chi connectivity index (χ1v) is 9.22. The topological polar surface area (TPSA) is 131 Å². The van der Waals surface area contributed by atoms with Gasteiger partial charge in [-0.3, -0.25) is 10.1 Å². The molecule has 0 aliphatic carbocycles. The predicted octanol–water partition coefficient (Wildman–Crippen LogP) is 2.54. The first-order chi connectivity index (χ1) is 12.2. The zero-order chi connectivity index (χ0) is 19.3. The lowest BCUT2D eigenvalue weighted by atomic mass is 10.1. The third kappa shape index (κ3) is 5.11. The number of carbonyl (C=O) groups is 1. The molecule has 10 heteroatoms. The Balaban J connectivity index is 1.98. The van der Waals surface area contributed by atoms with Crippen LogP contribution in [-0.2, 0) is 9.84 Å². The molecule has 0 bridgehead atoms. The number of amides is 2. The van der Waals surface area contributed by atoms with Crippen molar-refractivity contribution in [1.29, 1.82) is 0 Å². The summed E-state index contributed by atoms with van der Waals surface area (Å²) in [5.74, 6) is 0. The average Bonchev–Trinajstić information content (AvgIpc) is 2.59. The number of nitrogens with one attached hydrogen (secondary N) is 2. The van der Waals surface area contributed by atoms with Crippen LogP contribution >= 0.6 is 0 Å². The van der Waals surface area contributed by atoms with E-state index >= 15 is 0 Å². The number of nitro benzene ring substituents is 1. The smallest absolute Gasteiger partial charge is 0.307 e. The van der Waals surface area contributed by atoms with E-state index in [1.165, 1.54) is 48.5 Å². The standard InChI is InChI=1S/C16H16N4O5S/c1-11(12-3-7-14(8-4-12)20(22)23)18-19-16(21)17-13-5-9-15(10-6-13)26(2,24)25/h3-10H,1-2H3,(H2,17,19,21)/b18-11-. The fourth-order valence-corrected chi connectivity index (χ4v) is 2.60. The van der Waals surface area contributed by atoms with Crippen LogP contribution in [0, 0.1) is 10.1 Å². The average molecular weight is 376 g/mol. The van der Waals surface area contributed by atoms with Gasteiger partial charge in [-0.15, -0.1) is 0 Å². The van der Waals surface area contributed by atoms with Gasteiger partial charge in [0.15, 0.2) is 9.84 Å². The van der Waals surface area contributed by atoms with Gasteiger partial charge in [0.2, 0.25) is 0 Å². The zero-order valence-corrected chi connectivity index (χ0v) is 14.8. The molecule has 0 spiro atoms. The minimum atomic E-state index is -3.30. The van der Waals surface area contributed by atoms with E-state index in [1.807, 2.05) is 0 Å². The maximum Gasteiger partial charge on any atom is 0.339 e. The van der Waals surface area contributed by atoms with E-state index in [1.54, 1.807) is 6.92 Å².